The topological polar surface area (TPSA) is 57.6 Å². The molecular formula is C30H27N3. The van der Waals surface area contributed by atoms with Crippen molar-refractivity contribution in [2.75, 3.05) is 0 Å². The van der Waals surface area contributed by atoms with Gasteiger partial charge in [0.25, 0.3) is 0 Å². The number of benzene rings is 3. The smallest absolute Gasteiger partial charge is 0.0463 e. The molecule has 0 aliphatic heterocycles. The van der Waals surface area contributed by atoms with Crippen LogP contribution < -0.4 is 5.73 Å². The van der Waals surface area contributed by atoms with Gasteiger partial charge in [-0.05, 0) is 72.0 Å². The van der Waals surface area contributed by atoms with Crippen molar-refractivity contribution in [2.24, 2.45) is 5.73 Å². The van der Waals surface area contributed by atoms with Crippen LogP contribution in [0.15, 0.2) is 104 Å². The zero-order valence-electron chi connectivity index (χ0n) is 18.9. The van der Waals surface area contributed by atoms with E-state index in [9.17, 15) is 0 Å². The molecule has 5 rings (SSSR count). The number of rotatable bonds is 5. The van der Waals surface area contributed by atoms with E-state index >= 15 is 0 Å². The molecule has 0 aliphatic carbocycles. The Morgan fingerprint density at radius 1 is 0.848 bits per heavy atom. The summed E-state index contributed by atoms with van der Waals surface area (Å²) in [5, 5.41) is 2.40. The fraction of sp³-hybridized carbons (Fsp3) is 0.0667. The first-order chi connectivity index (χ1) is 16.1. The Bertz CT molecular complexity index is 1560. The van der Waals surface area contributed by atoms with Gasteiger partial charge in [-0.2, -0.15) is 0 Å². The molecule has 33 heavy (non-hydrogen) atoms. The number of hydrogen-bond donors (Lipinski definition) is 3. The molecule has 0 radical (unpaired) electrons. The van der Waals surface area contributed by atoms with E-state index in [0.717, 1.165) is 44.4 Å². The van der Waals surface area contributed by atoms with E-state index in [2.05, 4.69) is 96.5 Å². The highest BCUT2D eigenvalue weighted by atomic mass is 14.7. The third kappa shape index (κ3) is 3.68. The summed E-state index contributed by atoms with van der Waals surface area (Å²) in [6.07, 6.45) is 9.80. The molecule has 0 aliphatic rings. The SMILES string of the molecule is C=C(/C=C\C)/C(=C\N)c1cc(-c2c[nH]c3ccccc23)cc(-c2c[nH]c3cc(C)ccc23)c1. The second kappa shape index (κ2) is 8.36. The first-order valence-corrected chi connectivity index (χ1v) is 11.1. The van der Waals surface area contributed by atoms with Crippen molar-refractivity contribution in [3.8, 4) is 22.3 Å². The van der Waals surface area contributed by atoms with Crippen LogP contribution in [-0.4, -0.2) is 9.97 Å². The van der Waals surface area contributed by atoms with Crippen molar-refractivity contribution >= 4 is 27.4 Å². The molecule has 5 aromatic rings. The van der Waals surface area contributed by atoms with Crippen LogP contribution >= 0.6 is 0 Å². The lowest BCUT2D eigenvalue weighted by Crippen LogP contribution is -1.94. The Kier molecular flexibility index (Phi) is 5.23. The standard InChI is InChI=1S/C30H27N3/c1-4-7-20(3)26(16-31)21-13-22(27-17-32-29-9-6-5-8-24(27)29)15-23(14-21)28-18-33-30-12-19(2)10-11-25(28)30/h4-18,32-33H,3,31H2,1-2H3/b7-4-,26-16+. The van der Waals surface area contributed by atoms with Crippen molar-refractivity contribution in [1.29, 1.82) is 0 Å². The van der Waals surface area contributed by atoms with Gasteiger partial charge in [0.2, 0.25) is 0 Å². The van der Waals surface area contributed by atoms with Gasteiger partial charge in [-0.25, -0.2) is 0 Å². The molecule has 0 fully saturated rings. The Hall–Kier alpha value is -4.24. The number of aromatic nitrogens is 2. The van der Waals surface area contributed by atoms with Gasteiger partial charge in [-0.15, -0.1) is 0 Å². The minimum absolute atomic E-state index is 0.886. The summed E-state index contributed by atoms with van der Waals surface area (Å²) in [4.78, 5) is 6.85. The second-order valence-corrected chi connectivity index (χ2v) is 8.40. The number of hydrogen-bond acceptors (Lipinski definition) is 1. The Labute approximate surface area is 194 Å². The first-order valence-electron chi connectivity index (χ1n) is 11.1. The van der Waals surface area contributed by atoms with Gasteiger partial charge in [0.15, 0.2) is 0 Å². The van der Waals surface area contributed by atoms with Crippen molar-refractivity contribution in [3.63, 3.8) is 0 Å². The number of aryl methyl sites for hydroxylation is 1. The van der Waals surface area contributed by atoms with Gasteiger partial charge in [-0.3, -0.25) is 0 Å². The molecule has 0 bridgehead atoms. The minimum Gasteiger partial charge on any atom is -0.404 e. The summed E-state index contributed by atoms with van der Waals surface area (Å²) in [5.41, 5.74) is 17.0. The molecule has 0 saturated heterocycles. The average molecular weight is 430 g/mol. The number of nitrogens with two attached hydrogens (primary N) is 1. The van der Waals surface area contributed by atoms with Crippen LogP contribution in [0.4, 0.5) is 0 Å². The number of fused-ring (bicyclic) bond motifs is 2. The lowest BCUT2D eigenvalue weighted by molar-refractivity contribution is 1.44. The monoisotopic (exact) mass is 429 g/mol. The highest BCUT2D eigenvalue weighted by Crippen LogP contribution is 2.38. The molecule has 0 saturated carbocycles. The van der Waals surface area contributed by atoms with E-state index in [-0.39, 0.29) is 0 Å². The van der Waals surface area contributed by atoms with E-state index < -0.39 is 0 Å². The van der Waals surface area contributed by atoms with Crippen molar-refractivity contribution in [2.45, 2.75) is 13.8 Å². The first kappa shape index (κ1) is 20.7. The second-order valence-electron chi connectivity index (χ2n) is 8.40. The van der Waals surface area contributed by atoms with E-state index in [1.165, 1.54) is 21.9 Å². The summed E-state index contributed by atoms with van der Waals surface area (Å²) in [7, 11) is 0. The third-order valence-corrected chi connectivity index (χ3v) is 6.17. The molecule has 3 heteroatoms. The van der Waals surface area contributed by atoms with Gasteiger partial charge >= 0.3 is 0 Å². The minimum atomic E-state index is 0.886. The van der Waals surface area contributed by atoms with E-state index in [1.807, 2.05) is 19.1 Å². The maximum Gasteiger partial charge on any atom is 0.0463 e. The Balaban J connectivity index is 1.77. The molecule has 0 spiro atoms. The van der Waals surface area contributed by atoms with Crippen molar-refractivity contribution in [3.05, 3.63) is 115 Å². The fourth-order valence-corrected chi connectivity index (χ4v) is 4.56. The van der Waals surface area contributed by atoms with Crippen LogP contribution in [0.3, 0.4) is 0 Å². The molecule has 0 unspecified atom stereocenters. The molecule has 162 valence electrons. The van der Waals surface area contributed by atoms with Crippen LogP contribution in [0.2, 0.25) is 0 Å². The summed E-state index contributed by atoms with van der Waals surface area (Å²) in [5.74, 6) is 0. The lowest BCUT2D eigenvalue weighted by atomic mass is 9.91. The van der Waals surface area contributed by atoms with Gasteiger partial charge in [0, 0.05) is 57.1 Å². The van der Waals surface area contributed by atoms with Crippen LogP contribution in [0.25, 0.3) is 49.6 Å². The highest BCUT2D eigenvalue weighted by molar-refractivity contribution is 6.00. The fourth-order valence-electron chi connectivity index (χ4n) is 4.56. The van der Waals surface area contributed by atoms with Gasteiger partial charge in [-0.1, -0.05) is 49.1 Å². The van der Waals surface area contributed by atoms with E-state index in [0.29, 0.717) is 0 Å². The molecule has 3 aromatic carbocycles. The number of nitrogens with one attached hydrogen (secondary N) is 2. The average Bonchev–Trinajstić information content (AvgIpc) is 3.43. The van der Waals surface area contributed by atoms with Crippen molar-refractivity contribution < 1.29 is 0 Å². The van der Waals surface area contributed by atoms with Gasteiger partial charge in [0.05, 0.1) is 0 Å². The quantitative estimate of drug-likeness (QED) is 0.246. The molecular weight excluding hydrogens is 402 g/mol. The number of allylic oxidation sites excluding steroid dienone is 4. The normalized spacial score (nSPS) is 12.2. The summed E-state index contributed by atoms with van der Waals surface area (Å²) < 4.78 is 0. The van der Waals surface area contributed by atoms with Crippen LogP contribution in [0.1, 0.15) is 18.1 Å². The summed E-state index contributed by atoms with van der Waals surface area (Å²) in [6.45, 7) is 8.34. The van der Waals surface area contributed by atoms with Gasteiger partial charge in [0.1, 0.15) is 0 Å². The van der Waals surface area contributed by atoms with Crippen LogP contribution in [0, 0.1) is 6.92 Å². The maximum absolute atomic E-state index is 6.10. The molecule has 0 amide bonds. The molecule has 0 atom stereocenters. The summed E-state index contributed by atoms with van der Waals surface area (Å²) >= 11 is 0. The zero-order chi connectivity index (χ0) is 22.9. The van der Waals surface area contributed by atoms with E-state index in [1.54, 1.807) is 6.20 Å². The predicted molar refractivity (Wildman–Crippen MR) is 142 cm³/mol. The van der Waals surface area contributed by atoms with E-state index in [4.69, 9.17) is 5.73 Å². The number of H-pyrrole nitrogens is 2. The molecule has 2 aromatic heterocycles. The Morgan fingerprint density at radius 3 is 2.21 bits per heavy atom. The lowest BCUT2D eigenvalue weighted by Gasteiger charge is -2.13. The Morgan fingerprint density at radius 2 is 1.52 bits per heavy atom. The predicted octanol–water partition coefficient (Wildman–Crippen LogP) is 7.72. The maximum atomic E-state index is 6.10. The van der Waals surface area contributed by atoms with Gasteiger partial charge < -0.3 is 15.7 Å². The third-order valence-electron chi connectivity index (χ3n) is 6.17. The largest absolute Gasteiger partial charge is 0.404 e. The van der Waals surface area contributed by atoms with Crippen molar-refractivity contribution in [1.82, 2.24) is 9.97 Å². The highest BCUT2D eigenvalue weighted by Gasteiger charge is 2.14. The molecule has 3 nitrogen and oxygen atoms in total. The molecule has 4 N–H and O–H groups in total. The summed E-state index contributed by atoms with van der Waals surface area (Å²) in [6, 6.07) is 21.6. The zero-order valence-corrected chi connectivity index (χ0v) is 18.9. The number of aromatic amines is 2. The van der Waals surface area contributed by atoms with Crippen LogP contribution in [-0.2, 0) is 0 Å². The number of para-hydroxylation sites is 1. The van der Waals surface area contributed by atoms with Crippen LogP contribution in [0.5, 0.6) is 0 Å². The molecule has 2 heterocycles.